The van der Waals surface area contributed by atoms with Crippen molar-refractivity contribution in [2.75, 3.05) is 0 Å². The van der Waals surface area contributed by atoms with Crippen LogP contribution in [-0.4, -0.2) is 6.03 Å². The number of nitrogens with zero attached hydrogens (tertiary/aromatic N) is 4. The quantitative estimate of drug-likeness (QED) is 0.556. The fourth-order valence-electron chi connectivity index (χ4n) is 1.21. The topological polar surface area (TPSA) is 89.4 Å². The van der Waals surface area contributed by atoms with Crippen molar-refractivity contribution in [3.05, 3.63) is 34.0 Å². The highest BCUT2D eigenvalue weighted by atomic mass is 16.2. The molecule has 1 aromatic rings. The van der Waals surface area contributed by atoms with Gasteiger partial charge in [-0.1, -0.05) is 0 Å². The van der Waals surface area contributed by atoms with E-state index in [2.05, 4.69) is 9.98 Å². The van der Waals surface area contributed by atoms with E-state index in [4.69, 9.17) is 10.5 Å². The third kappa shape index (κ3) is 0.970. The normalized spacial score (nSPS) is 12.0. The van der Waals surface area contributed by atoms with Gasteiger partial charge in [-0.3, -0.25) is 0 Å². The number of hydrogen-bond acceptors (Lipinski definition) is 3. The first-order chi connectivity index (χ1) is 6.76. The van der Waals surface area contributed by atoms with E-state index < -0.39 is 6.03 Å². The Labute approximate surface area is 78.3 Å². The number of carbonyl (C=O) groups excluding carboxylic acids is 1. The molecule has 5 nitrogen and oxygen atoms in total. The van der Waals surface area contributed by atoms with Crippen LogP contribution in [0.4, 0.5) is 4.79 Å². The van der Waals surface area contributed by atoms with Gasteiger partial charge in [0.25, 0.3) is 0 Å². The summed E-state index contributed by atoms with van der Waals surface area (Å²) in [5.74, 6) is 0. The van der Waals surface area contributed by atoms with E-state index in [0.717, 1.165) is 0 Å². The Bertz CT molecular complexity index is 630. The molecule has 2 rings (SSSR count). The number of hydrogen-bond donors (Lipinski definition) is 0. The van der Waals surface area contributed by atoms with Crippen molar-refractivity contribution in [1.29, 1.82) is 10.5 Å². The minimum Gasteiger partial charge on any atom is -0.244 e. The Morgan fingerprint density at radius 3 is 2.57 bits per heavy atom. The summed E-state index contributed by atoms with van der Waals surface area (Å²) in [4.78, 5) is 18.0. The minimum absolute atomic E-state index is 0.111. The van der Waals surface area contributed by atoms with E-state index in [1.807, 2.05) is 12.1 Å². The molecule has 0 aromatic heterocycles. The number of urea groups is 1. The summed E-state index contributed by atoms with van der Waals surface area (Å²) in [6, 6.07) is 6.02. The lowest BCUT2D eigenvalue weighted by molar-refractivity contribution is 0.256. The number of fused-ring (bicyclic) bond motifs is 1. The van der Waals surface area contributed by atoms with Crippen LogP contribution >= 0.6 is 0 Å². The van der Waals surface area contributed by atoms with E-state index in [-0.39, 0.29) is 16.5 Å². The van der Waals surface area contributed by atoms with Gasteiger partial charge in [-0.05, 0) is 12.1 Å². The van der Waals surface area contributed by atoms with Crippen molar-refractivity contribution in [2.45, 2.75) is 0 Å². The molecule has 0 saturated carbocycles. The third-order valence-corrected chi connectivity index (χ3v) is 1.81. The van der Waals surface area contributed by atoms with Crippen LogP contribution in [0.3, 0.4) is 0 Å². The lowest BCUT2D eigenvalue weighted by atomic mass is 10.1. The molecule has 0 aliphatic carbocycles. The van der Waals surface area contributed by atoms with Gasteiger partial charge in [-0.15, -0.1) is 0 Å². The number of carbonyl (C=O) groups is 1. The van der Waals surface area contributed by atoms with Crippen molar-refractivity contribution < 1.29 is 4.79 Å². The van der Waals surface area contributed by atoms with E-state index in [1.165, 1.54) is 12.1 Å². The molecule has 1 aliphatic rings. The molecule has 64 valence electrons. The van der Waals surface area contributed by atoms with Gasteiger partial charge in [0.2, 0.25) is 0 Å². The van der Waals surface area contributed by atoms with Crippen LogP contribution in [0.2, 0.25) is 0 Å². The molecule has 0 radical (unpaired) electrons. The molecule has 0 spiro atoms. The molecule has 0 fully saturated rings. The molecule has 2 amide bonds. The number of rotatable bonds is 0. The van der Waals surface area contributed by atoms with Gasteiger partial charge < -0.3 is 0 Å². The van der Waals surface area contributed by atoms with Crippen molar-refractivity contribution in [3.8, 4) is 12.1 Å². The fraction of sp³-hybridized carbons (Fsp3) is 0. The summed E-state index contributed by atoms with van der Waals surface area (Å²) >= 11 is 0. The van der Waals surface area contributed by atoms with Gasteiger partial charge >= 0.3 is 6.03 Å². The zero-order valence-electron chi connectivity index (χ0n) is 6.85. The van der Waals surface area contributed by atoms with Crippen molar-refractivity contribution >= 4 is 6.03 Å². The molecule has 0 atom stereocenters. The SMILES string of the molecule is N#Cc1ccc2c(c1C#N)=NC(=O)N=2. The first kappa shape index (κ1) is 8.09. The van der Waals surface area contributed by atoms with Gasteiger partial charge in [0.1, 0.15) is 17.5 Å². The second-order valence-corrected chi connectivity index (χ2v) is 2.59. The van der Waals surface area contributed by atoms with E-state index in [1.54, 1.807) is 0 Å². The molecular weight excluding hydrogens is 180 g/mol. The predicted molar refractivity (Wildman–Crippen MR) is 43.6 cm³/mol. The lowest BCUT2D eigenvalue weighted by Crippen LogP contribution is -2.25. The number of benzene rings is 1. The smallest absolute Gasteiger partial charge is 0.244 e. The van der Waals surface area contributed by atoms with Gasteiger partial charge in [0, 0.05) is 0 Å². The zero-order valence-corrected chi connectivity index (χ0v) is 6.85. The molecule has 1 aliphatic heterocycles. The average Bonchev–Trinajstić information content (AvgIpc) is 2.56. The standard InChI is InChI=1S/C9H2N4O/c10-3-5-1-2-7-8(6(5)4-11)13-9(14)12-7/h1-2H. The van der Waals surface area contributed by atoms with E-state index in [0.29, 0.717) is 5.36 Å². The highest BCUT2D eigenvalue weighted by molar-refractivity contribution is 5.78. The van der Waals surface area contributed by atoms with Crippen LogP contribution < -0.4 is 10.7 Å². The first-order valence-corrected chi connectivity index (χ1v) is 3.71. The van der Waals surface area contributed by atoms with Crippen LogP contribution in [-0.2, 0) is 0 Å². The zero-order chi connectivity index (χ0) is 10.1. The van der Waals surface area contributed by atoms with E-state index in [9.17, 15) is 4.79 Å². The van der Waals surface area contributed by atoms with Gasteiger partial charge in [0.05, 0.1) is 16.5 Å². The molecular formula is C9H2N4O. The summed E-state index contributed by atoms with van der Waals surface area (Å²) in [5, 5.41) is 18.0. The van der Waals surface area contributed by atoms with Crippen LogP contribution in [0.25, 0.3) is 0 Å². The largest absolute Gasteiger partial charge is 0.368 e. The highest BCUT2D eigenvalue weighted by Gasteiger charge is 2.12. The Kier molecular flexibility index (Phi) is 1.59. The Hall–Kier alpha value is -2.53. The van der Waals surface area contributed by atoms with Gasteiger partial charge in [-0.2, -0.15) is 20.5 Å². The summed E-state index contributed by atoms with van der Waals surface area (Å²) in [6.45, 7) is 0. The highest BCUT2D eigenvalue weighted by Crippen LogP contribution is 1.99. The molecule has 0 bridgehead atoms. The van der Waals surface area contributed by atoms with Crippen molar-refractivity contribution in [3.63, 3.8) is 0 Å². The van der Waals surface area contributed by atoms with E-state index >= 15 is 0 Å². The maximum absolute atomic E-state index is 10.8. The average molecular weight is 182 g/mol. The van der Waals surface area contributed by atoms with Gasteiger partial charge in [-0.25, -0.2) is 4.79 Å². The second-order valence-electron chi connectivity index (χ2n) is 2.59. The summed E-state index contributed by atoms with van der Waals surface area (Å²) in [5.41, 5.74) is 0.319. The second kappa shape index (κ2) is 2.75. The summed E-state index contributed by atoms with van der Waals surface area (Å²) in [7, 11) is 0. The minimum atomic E-state index is -0.633. The van der Waals surface area contributed by atoms with Crippen molar-refractivity contribution in [2.24, 2.45) is 9.98 Å². The maximum Gasteiger partial charge on any atom is 0.368 e. The maximum atomic E-state index is 10.8. The molecule has 0 unspecified atom stereocenters. The molecule has 5 heteroatoms. The predicted octanol–water partition coefficient (Wildman–Crippen LogP) is -0.197. The van der Waals surface area contributed by atoms with Crippen LogP contribution in [0.1, 0.15) is 11.1 Å². The van der Waals surface area contributed by atoms with Crippen LogP contribution in [0.15, 0.2) is 22.1 Å². The van der Waals surface area contributed by atoms with Crippen molar-refractivity contribution in [1.82, 2.24) is 0 Å². The Morgan fingerprint density at radius 1 is 1.14 bits per heavy atom. The van der Waals surface area contributed by atoms with Crippen LogP contribution in [0, 0.1) is 22.7 Å². The number of amides is 2. The molecule has 1 heterocycles. The molecule has 1 aromatic carbocycles. The first-order valence-electron chi connectivity index (χ1n) is 3.71. The summed E-state index contributed by atoms with van der Waals surface area (Å²) < 4.78 is 0. The Morgan fingerprint density at radius 2 is 1.93 bits per heavy atom. The lowest BCUT2D eigenvalue weighted by Gasteiger charge is -1.90. The molecule has 0 saturated heterocycles. The van der Waals surface area contributed by atoms with Crippen LogP contribution in [0.5, 0.6) is 0 Å². The molecule has 0 N–H and O–H groups in total. The number of nitriles is 2. The fourth-order valence-corrected chi connectivity index (χ4v) is 1.21. The Balaban J connectivity index is 2.99. The third-order valence-electron chi connectivity index (χ3n) is 1.81. The summed E-state index contributed by atoms with van der Waals surface area (Å²) in [6.07, 6.45) is 0. The molecule has 14 heavy (non-hydrogen) atoms. The monoisotopic (exact) mass is 182 g/mol. The van der Waals surface area contributed by atoms with Gasteiger partial charge in [0.15, 0.2) is 0 Å².